The number of nitrogens with zero attached hydrogens (tertiary/aromatic N) is 1. The summed E-state index contributed by atoms with van der Waals surface area (Å²) in [6.07, 6.45) is 11.3. The van der Waals surface area contributed by atoms with Gasteiger partial charge in [0.1, 0.15) is 0 Å². The minimum absolute atomic E-state index is 0.340. The molecule has 1 atom stereocenters. The van der Waals surface area contributed by atoms with E-state index in [1.54, 1.807) is 0 Å². The molecule has 1 aliphatic carbocycles. The van der Waals surface area contributed by atoms with Gasteiger partial charge in [0, 0.05) is 18.5 Å². The molecule has 24 heavy (non-hydrogen) atoms. The number of likely N-dealkylation sites (tertiary alicyclic amines) is 1. The Balaban J connectivity index is 1.48. The third kappa shape index (κ3) is 3.24. The summed E-state index contributed by atoms with van der Waals surface area (Å²) in [6, 6.07) is 15.4. The summed E-state index contributed by atoms with van der Waals surface area (Å²) in [5, 5.41) is 2.58. The molecule has 0 N–H and O–H groups in total. The summed E-state index contributed by atoms with van der Waals surface area (Å²) in [5.41, 5.74) is 1.27. The van der Waals surface area contributed by atoms with Crippen LogP contribution in [0.15, 0.2) is 48.5 Å². The average Bonchev–Trinajstić information content (AvgIpc) is 3.47. The summed E-state index contributed by atoms with van der Waals surface area (Å²) in [7, 11) is 0. The highest BCUT2D eigenvalue weighted by Crippen LogP contribution is 2.34. The van der Waals surface area contributed by atoms with E-state index in [1.165, 1.54) is 29.2 Å². The number of amides is 1. The lowest BCUT2D eigenvalue weighted by Crippen LogP contribution is -2.44. The fraction of sp³-hybridized carbons (Fsp3) is 0.409. The number of piperidine rings is 1. The molecule has 0 radical (unpaired) electrons. The van der Waals surface area contributed by atoms with Crippen LogP contribution in [-0.2, 0) is 4.79 Å². The van der Waals surface area contributed by atoms with Crippen molar-refractivity contribution in [2.24, 2.45) is 5.92 Å². The molecule has 1 saturated carbocycles. The van der Waals surface area contributed by atoms with Crippen molar-refractivity contribution in [1.29, 1.82) is 0 Å². The van der Waals surface area contributed by atoms with Crippen LogP contribution in [0, 0.1) is 5.92 Å². The van der Waals surface area contributed by atoms with Crippen LogP contribution in [0.3, 0.4) is 0 Å². The highest BCUT2D eigenvalue weighted by atomic mass is 16.2. The topological polar surface area (TPSA) is 20.3 Å². The molecule has 0 spiro atoms. The maximum Gasteiger partial charge on any atom is 0.225 e. The van der Waals surface area contributed by atoms with E-state index in [0.717, 1.165) is 32.2 Å². The van der Waals surface area contributed by atoms with E-state index in [-0.39, 0.29) is 0 Å². The van der Waals surface area contributed by atoms with Gasteiger partial charge in [0.2, 0.25) is 5.91 Å². The Labute approximate surface area is 144 Å². The molecule has 2 heteroatoms. The Hall–Kier alpha value is -2.09. The van der Waals surface area contributed by atoms with Crippen molar-refractivity contribution < 1.29 is 4.79 Å². The maximum atomic E-state index is 12.5. The summed E-state index contributed by atoms with van der Waals surface area (Å²) in [4.78, 5) is 14.7. The highest BCUT2D eigenvalue weighted by molar-refractivity contribution is 5.90. The number of carbonyl (C=O) groups is 1. The molecule has 2 aliphatic rings. The van der Waals surface area contributed by atoms with Crippen molar-refractivity contribution in [2.45, 2.75) is 44.6 Å². The van der Waals surface area contributed by atoms with Crippen molar-refractivity contribution in [3.05, 3.63) is 54.1 Å². The smallest absolute Gasteiger partial charge is 0.225 e. The Kier molecular flexibility index (Phi) is 4.38. The fourth-order valence-electron chi connectivity index (χ4n) is 3.85. The van der Waals surface area contributed by atoms with Crippen LogP contribution < -0.4 is 0 Å². The van der Waals surface area contributed by atoms with Crippen molar-refractivity contribution in [3.8, 4) is 0 Å². The third-order valence-corrected chi connectivity index (χ3v) is 5.37. The first-order valence-electron chi connectivity index (χ1n) is 9.28. The van der Waals surface area contributed by atoms with Crippen LogP contribution in [0.5, 0.6) is 0 Å². The first-order valence-corrected chi connectivity index (χ1v) is 9.28. The van der Waals surface area contributed by atoms with Gasteiger partial charge in [-0.2, -0.15) is 0 Å². The molecular weight excluding hydrogens is 294 g/mol. The number of fused-ring (bicyclic) bond motifs is 1. The average molecular weight is 319 g/mol. The van der Waals surface area contributed by atoms with Gasteiger partial charge in [0.15, 0.2) is 0 Å². The van der Waals surface area contributed by atoms with Crippen LogP contribution >= 0.6 is 0 Å². The molecule has 0 bridgehead atoms. The normalized spacial score (nSPS) is 21.5. The molecule has 1 unspecified atom stereocenters. The van der Waals surface area contributed by atoms with Crippen LogP contribution in [-0.4, -0.2) is 23.4 Å². The molecular formula is C22H25NO. The largest absolute Gasteiger partial charge is 0.339 e. The number of hydrogen-bond acceptors (Lipinski definition) is 1. The van der Waals surface area contributed by atoms with Gasteiger partial charge in [-0.25, -0.2) is 0 Å². The lowest BCUT2D eigenvalue weighted by atomic mass is 9.97. The van der Waals surface area contributed by atoms with Gasteiger partial charge in [-0.1, -0.05) is 54.6 Å². The van der Waals surface area contributed by atoms with Crippen LogP contribution in [0.2, 0.25) is 0 Å². The van der Waals surface area contributed by atoms with Gasteiger partial charge in [0.25, 0.3) is 0 Å². The van der Waals surface area contributed by atoms with Gasteiger partial charge in [-0.05, 0) is 54.9 Å². The van der Waals surface area contributed by atoms with E-state index >= 15 is 0 Å². The zero-order chi connectivity index (χ0) is 16.4. The first-order chi connectivity index (χ1) is 11.8. The van der Waals surface area contributed by atoms with E-state index in [9.17, 15) is 4.79 Å². The van der Waals surface area contributed by atoms with Crippen LogP contribution in [0.4, 0.5) is 0 Å². The van der Waals surface area contributed by atoms with Gasteiger partial charge in [-0.15, -0.1) is 0 Å². The molecule has 0 aromatic heterocycles. The molecule has 1 aliphatic heterocycles. The maximum absolute atomic E-state index is 12.5. The summed E-state index contributed by atoms with van der Waals surface area (Å²) in [5.74, 6) is 0.755. The molecule has 124 valence electrons. The summed E-state index contributed by atoms with van der Waals surface area (Å²) in [6.45, 7) is 0.960. The minimum Gasteiger partial charge on any atom is -0.339 e. The molecule has 2 aromatic carbocycles. The predicted molar refractivity (Wildman–Crippen MR) is 99.7 cm³/mol. The van der Waals surface area contributed by atoms with Crippen LogP contribution in [0.25, 0.3) is 16.8 Å². The van der Waals surface area contributed by atoms with E-state index < -0.39 is 0 Å². The molecule has 2 fully saturated rings. The second-order valence-corrected chi connectivity index (χ2v) is 7.16. The quantitative estimate of drug-likeness (QED) is 0.773. The summed E-state index contributed by atoms with van der Waals surface area (Å²) < 4.78 is 0. The first kappa shape index (κ1) is 15.4. The Morgan fingerprint density at radius 1 is 1.04 bits per heavy atom. The molecule has 1 amide bonds. The van der Waals surface area contributed by atoms with Crippen molar-refractivity contribution >= 4 is 22.8 Å². The molecule has 2 aromatic rings. The second kappa shape index (κ2) is 6.80. The highest BCUT2D eigenvalue weighted by Gasteiger charge is 2.36. The van der Waals surface area contributed by atoms with Gasteiger partial charge >= 0.3 is 0 Å². The molecule has 4 rings (SSSR count). The standard InChI is InChI=1S/C22H25NO/c24-22(19-14-15-19)23-16-4-3-11-20(23)12-6-10-18-9-5-8-17-7-1-2-13-21(17)18/h1-2,5-10,13,19-20H,3-4,11-12,14-16H2. The lowest BCUT2D eigenvalue weighted by Gasteiger charge is -2.35. The Morgan fingerprint density at radius 2 is 1.88 bits per heavy atom. The van der Waals surface area contributed by atoms with E-state index in [0.29, 0.717) is 17.9 Å². The zero-order valence-corrected chi connectivity index (χ0v) is 14.2. The van der Waals surface area contributed by atoms with Gasteiger partial charge in [0.05, 0.1) is 0 Å². The number of rotatable bonds is 4. The van der Waals surface area contributed by atoms with Gasteiger partial charge in [-0.3, -0.25) is 4.79 Å². The van der Waals surface area contributed by atoms with Crippen LogP contribution in [0.1, 0.15) is 44.1 Å². The summed E-state index contributed by atoms with van der Waals surface area (Å²) >= 11 is 0. The molecule has 1 heterocycles. The van der Waals surface area contributed by atoms with Crippen molar-refractivity contribution in [3.63, 3.8) is 0 Å². The Bertz CT molecular complexity index is 754. The molecule has 1 saturated heterocycles. The fourth-order valence-corrected chi connectivity index (χ4v) is 3.85. The molecule has 2 nitrogen and oxygen atoms in total. The van der Waals surface area contributed by atoms with E-state index in [1.807, 2.05) is 0 Å². The van der Waals surface area contributed by atoms with Crippen molar-refractivity contribution in [1.82, 2.24) is 4.90 Å². The third-order valence-electron chi connectivity index (χ3n) is 5.37. The minimum atomic E-state index is 0.340. The monoisotopic (exact) mass is 319 g/mol. The zero-order valence-electron chi connectivity index (χ0n) is 14.2. The van der Waals surface area contributed by atoms with Crippen molar-refractivity contribution in [2.75, 3.05) is 6.54 Å². The number of benzene rings is 2. The number of hydrogen-bond donors (Lipinski definition) is 0. The van der Waals surface area contributed by atoms with E-state index in [4.69, 9.17) is 0 Å². The lowest BCUT2D eigenvalue weighted by molar-refractivity contribution is -0.136. The second-order valence-electron chi connectivity index (χ2n) is 7.16. The van der Waals surface area contributed by atoms with E-state index in [2.05, 4.69) is 59.5 Å². The predicted octanol–water partition coefficient (Wildman–Crippen LogP) is 5.03. The van der Waals surface area contributed by atoms with Gasteiger partial charge < -0.3 is 4.90 Å². The number of carbonyl (C=O) groups excluding carboxylic acids is 1. The SMILES string of the molecule is O=C(C1CC1)N1CCCCC1CC=Cc1cccc2ccccc12. The Morgan fingerprint density at radius 3 is 2.75 bits per heavy atom.